The summed E-state index contributed by atoms with van der Waals surface area (Å²) in [6, 6.07) is 5.57. The molecule has 0 saturated carbocycles. The van der Waals surface area contributed by atoms with E-state index < -0.39 is 33.6 Å². The number of halogens is 1. The first-order valence-corrected chi connectivity index (χ1v) is 17.8. The SMILES string of the molecule is C#C[C@@H]1[C@@H](CCS(C)(=N)=O)C[C@@H](C(=O)Nc2nc(Br)ccc2C)N1C(=O)Cn1nc(C(C)=O)c2cc(-c3cnc(C)nc3)cc(C)c21. The molecule has 12 nitrogen and oxygen atoms in total. The van der Waals surface area contributed by atoms with Gasteiger partial charge in [-0.25, -0.2) is 15.0 Å². The molecule has 1 aromatic carbocycles. The number of pyridine rings is 1. The molecule has 1 aliphatic rings. The van der Waals surface area contributed by atoms with Gasteiger partial charge >= 0.3 is 0 Å². The molecule has 1 saturated heterocycles. The number of rotatable bonds is 9. The lowest BCUT2D eigenvalue weighted by atomic mass is 9.96. The van der Waals surface area contributed by atoms with E-state index in [1.807, 2.05) is 19.1 Å². The van der Waals surface area contributed by atoms with Crippen LogP contribution in [0.25, 0.3) is 22.0 Å². The number of nitrogens with one attached hydrogen (secondary N) is 2. The number of aromatic nitrogens is 5. The van der Waals surface area contributed by atoms with Gasteiger partial charge in [0.2, 0.25) is 11.8 Å². The highest BCUT2D eigenvalue weighted by atomic mass is 79.9. The zero-order chi connectivity index (χ0) is 34.2. The van der Waals surface area contributed by atoms with Gasteiger partial charge in [0.25, 0.3) is 0 Å². The molecular weight excluding hydrogens is 684 g/mol. The van der Waals surface area contributed by atoms with E-state index in [1.165, 1.54) is 22.8 Å². The predicted octanol–water partition coefficient (Wildman–Crippen LogP) is 4.70. The normalized spacial score (nSPS) is 18.9. The number of amides is 2. The second kappa shape index (κ2) is 13.3. The molecule has 0 spiro atoms. The molecule has 3 aromatic heterocycles. The number of carbonyl (C=O) groups excluding carboxylic acids is 3. The van der Waals surface area contributed by atoms with E-state index in [1.54, 1.807) is 38.4 Å². The fourth-order valence-corrected chi connectivity index (χ4v) is 7.09. The Kier molecular flexibility index (Phi) is 9.60. The minimum absolute atomic E-state index is 0.0812. The van der Waals surface area contributed by atoms with Crippen LogP contribution in [0.3, 0.4) is 0 Å². The Balaban J connectivity index is 1.53. The van der Waals surface area contributed by atoms with Crippen molar-refractivity contribution in [2.45, 2.75) is 59.2 Å². The number of terminal acetylenes is 1. The van der Waals surface area contributed by atoms with Crippen LogP contribution in [0, 0.1) is 43.8 Å². The summed E-state index contributed by atoms with van der Waals surface area (Å²) in [4.78, 5) is 55.1. The summed E-state index contributed by atoms with van der Waals surface area (Å²) in [5.74, 6) is 2.18. The number of likely N-dealkylation sites (tertiary alicyclic amines) is 1. The van der Waals surface area contributed by atoms with Crippen LogP contribution in [-0.4, -0.2) is 75.5 Å². The van der Waals surface area contributed by atoms with E-state index in [0.717, 1.165) is 22.3 Å². The number of hydrogen-bond acceptors (Lipinski definition) is 9. The van der Waals surface area contributed by atoms with E-state index in [-0.39, 0.29) is 36.1 Å². The standard InChI is InChI=1S/C33H35BrN8O4S/c1-7-26-22(10-11-47(6,35)46)14-27(33(45)39-32-18(2)8-9-28(34)38-32)42(26)29(44)17-41-31-19(3)12-23(24-15-36-21(5)37-16-24)13-25(31)30(40-41)20(4)43/h1,8-9,12-13,15-16,22,26-27,35H,10-11,14,17H2,2-6H3,(H,38,39,45)/t22-,26+,27-,47?/m0/s1. The number of ketones is 1. The summed E-state index contributed by atoms with van der Waals surface area (Å²) in [6.07, 6.45) is 11.3. The second-order valence-electron chi connectivity index (χ2n) is 12.0. The van der Waals surface area contributed by atoms with Gasteiger partial charge in [-0.2, -0.15) is 5.10 Å². The molecule has 4 aromatic rings. The average molecular weight is 720 g/mol. The molecule has 4 heterocycles. The molecule has 244 valence electrons. The van der Waals surface area contributed by atoms with E-state index in [0.29, 0.717) is 33.6 Å². The maximum absolute atomic E-state index is 14.2. The van der Waals surface area contributed by atoms with Crippen LogP contribution >= 0.6 is 15.9 Å². The summed E-state index contributed by atoms with van der Waals surface area (Å²) >= 11 is 3.33. The molecule has 5 rings (SSSR count). The van der Waals surface area contributed by atoms with Gasteiger partial charge in [0, 0.05) is 52.0 Å². The first-order chi connectivity index (χ1) is 22.2. The number of nitrogens with zero attached hydrogens (tertiary/aromatic N) is 6. The van der Waals surface area contributed by atoms with E-state index in [2.05, 4.69) is 47.2 Å². The van der Waals surface area contributed by atoms with Crippen LogP contribution in [0.4, 0.5) is 5.82 Å². The van der Waals surface area contributed by atoms with Gasteiger partial charge in [0.15, 0.2) is 5.78 Å². The van der Waals surface area contributed by atoms with Crippen molar-refractivity contribution in [1.29, 1.82) is 4.78 Å². The number of anilines is 1. The smallest absolute Gasteiger partial charge is 0.248 e. The van der Waals surface area contributed by atoms with Crippen molar-refractivity contribution in [1.82, 2.24) is 29.6 Å². The van der Waals surface area contributed by atoms with Crippen LogP contribution in [0.15, 0.2) is 41.3 Å². The minimum atomic E-state index is -2.83. The average Bonchev–Trinajstić information content (AvgIpc) is 3.57. The quantitative estimate of drug-likeness (QED) is 0.143. The summed E-state index contributed by atoms with van der Waals surface area (Å²) in [5.41, 5.74) is 3.88. The van der Waals surface area contributed by atoms with Gasteiger partial charge in [-0.05, 0) is 90.4 Å². The Morgan fingerprint density at radius 1 is 1.13 bits per heavy atom. The van der Waals surface area contributed by atoms with Gasteiger partial charge in [-0.15, -0.1) is 6.42 Å². The van der Waals surface area contributed by atoms with Crippen LogP contribution in [0.2, 0.25) is 0 Å². The third-order valence-electron chi connectivity index (χ3n) is 8.32. The van der Waals surface area contributed by atoms with Gasteiger partial charge in [-0.3, -0.25) is 28.1 Å². The molecule has 47 heavy (non-hydrogen) atoms. The molecule has 0 bridgehead atoms. The second-order valence-corrected chi connectivity index (χ2v) is 15.2. The van der Waals surface area contributed by atoms with E-state index in [4.69, 9.17) is 11.2 Å². The van der Waals surface area contributed by atoms with Crippen molar-refractivity contribution >= 4 is 60.0 Å². The monoisotopic (exact) mass is 718 g/mol. The zero-order valence-corrected chi connectivity index (χ0v) is 29.1. The van der Waals surface area contributed by atoms with Crippen molar-refractivity contribution in [2.24, 2.45) is 5.92 Å². The fourth-order valence-electron chi connectivity index (χ4n) is 6.03. The van der Waals surface area contributed by atoms with Crippen molar-refractivity contribution in [3.63, 3.8) is 0 Å². The van der Waals surface area contributed by atoms with Gasteiger partial charge in [0.1, 0.15) is 34.5 Å². The molecular formula is C33H35BrN8O4S. The summed E-state index contributed by atoms with van der Waals surface area (Å²) in [7, 11) is -2.83. The Hall–Kier alpha value is -4.48. The molecule has 2 N–H and O–H groups in total. The van der Waals surface area contributed by atoms with Crippen LogP contribution in [-0.2, 0) is 25.9 Å². The van der Waals surface area contributed by atoms with Crippen LogP contribution < -0.4 is 5.32 Å². The maximum atomic E-state index is 14.2. The highest BCUT2D eigenvalue weighted by Crippen LogP contribution is 2.35. The molecule has 1 fully saturated rings. The summed E-state index contributed by atoms with van der Waals surface area (Å²) < 4.78 is 22.2. The third kappa shape index (κ3) is 7.26. The van der Waals surface area contributed by atoms with Gasteiger partial charge in [0.05, 0.1) is 11.6 Å². The molecule has 1 unspecified atom stereocenters. The number of Topliss-reactive ketones (excluding diaryl/α,β-unsaturated/α-hetero) is 1. The number of carbonyl (C=O) groups is 3. The number of hydrogen-bond donors (Lipinski definition) is 2. The van der Waals surface area contributed by atoms with Crippen LogP contribution in [0.1, 0.15) is 47.2 Å². The molecule has 4 atom stereocenters. The Bertz CT molecular complexity index is 2050. The zero-order valence-electron chi connectivity index (χ0n) is 26.7. The third-order valence-corrected chi connectivity index (χ3v) is 9.78. The van der Waals surface area contributed by atoms with Crippen molar-refractivity contribution in [2.75, 3.05) is 17.3 Å². The highest BCUT2D eigenvalue weighted by Gasteiger charge is 2.46. The molecule has 0 aliphatic carbocycles. The lowest BCUT2D eigenvalue weighted by Crippen LogP contribution is -2.48. The van der Waals surface area contributed by atoms with Crippen molar-refractivity contribution in [3.05, 3.63) is 63.9 Å². The van der Waals surface area contributed by atoms with E-state index >= 15 is 0 Å². The van der Waals surface area contributed by atoms with E-state index in [9.17, 15) is 18.6 Å². The molecule has 1 aliphatic heterocycles. The molecule has 0 radical (unpaired) electrons. The van der Waals surface area contributed by atoms with Crippen molar-refractivity contribution in [3.8, 4) is 23.5 Å². The largest absolute Gasteiger partial charge is 0.315 e. The maximum Gasteiger partial charge on any atom is 0.248 e. The summed E-state index contributed by atoms with van der Waals surface area (Å²) in [6.45, 7) is 6.60. The highest BCUT2D eigenvalue weighted by molar-refractivity contribution is 9.10. The Morgan fingerprint density at radius 2 is 1.83 bits per heavy atom. The number of fused-ring (bicyclic) bond motifs is 1. The van der Waals surface area contributed by atoms with Crippen molar-refractivity contribution < 1.29 is 18.6 Å². The molecule has 2 amide bonds. The topological polar surface area (TPSA) is 164 Å². The fraction of sp³-hybridized carbons (Fsp3) is 0.364. The number of aryl methyl sites for hydroxylation is 3. The number of benzene rings is 1. The first kappa shape index (κ1) is 33.9. The van der Waals surface area contributed by atoms with Gasteiger partial charge in [-0.1, -0.05) is 12.0 Å². The Morgan fingerprint density at radius 3 is 2.47 bits per heavy atom. The predicted molar refractivity (Wildman–Crippen MR) is 183 cm³/mol. The Labute approximate surface area is 281 Å². The van der Waals surface area contributed by atoms with Crippen LogP contribution in [0.5, 0.6) is 0 Å². The molecule has 14 heteroatoms. The lowest BCUT2D eigenvalue weighted by molar-refractivity contribution is -0.138. The first-order valence-electron chi connectivity index (χ1n) is 14.9. The lowest BCUT2D eigenvalue weighted by Gasteiger charge is -2.28. The van der Waals surface area contributed by atoms with Gasteiger partial charge < -0.3 is 10.2 Å². The summed E-state index contributed by atoms with van der Waals surface area (Å²) in [5, 5.41) is 7.99. The minimum Gasteiger partial charge on any atom is -0.315 e.